The minimum atomic E-state index is -1.18. The summed E-state index contributed by atoms with van der Waals surface area (Å²) in [6.45, 7) is 8.59. The van der Waals surface area contributed by atoms with Crippen LogP contribution in [0.2, 0.25) is 20.1 Å². The van der Waals surface area contributed by atoms with Gasteiger partial charge in [-0.15, -0.1) is 0 Å². The van der Waals surface area contributed by atoms with Crippen molar-refractivity contribution in [1.29, 1.82) is 0 Å². The van der Waals surface area contributed by atoms with Gasteiger partial charge in [0.15, 0.2) is 0 Å². The highest BCUT2D eigenvalue weighted by atomic mass is 35.5. The zero-order valence-electron chi connectivity index (χ0n) is 35.7. The molecule has 6 aromatic rings. The molecule has 340 valence electrons. The van der Waals surface area contributed by atoms with Gasteiger partial charge in [-0.2, -0.15) is 0 Å². The van der Waals surface area contributed by atoms with Gasteiger partial charge >= 0.3 is 0 Å². The lowest BCUT2D eigenvalue weighted by molar-refractivity contribution is -0.187. The molecule has 10 rings (SSSR count). The molecular formula is C48H50Cl4N8O5. The number of anilines is 2. The lowest BCUT2D eigenvalue weighted by Crippen LogP contribution is -2.43. The SMILES string of the molecule is Clc1ccc(C2(Cn3ccnc3)OCC(Cc3cc(N4CCNCC4)ccc3Oc3ccc(N4CCNCC4)cc3CC3COC(Cn4ccnc4)(c4ccc(Cl)cc4Cl)O3)O2)c(Cl)c1. The van der Waals surface area contributed by atoms with Crippen molar-refractivity contribution >= 4 is 57.8 Å². The molecule has 4 aromatic carbocycles. The van der Waals surface area contributed by atoms with Gasteiger partial charge in [0, 0.05) is 123 Å². The molecule has 4 saturated heterocycles. The zero-order valence-corrected chi connectivity index (χ0v) is 38.7. The second-order valence-corrected chi connectivity index (χ2v) is 18.6. The molecule has 13 nitrogen and oxygen atoms in total. The maximum absolute atomic E-state index is 7.10. The number of benzene rings is 4. The van der Waals surface area contributed by atoms with Crippen molar-refractivity contribution in [2.75, 3.05) is 75.4 Å². The van der Waals surface area contributed by atoms with E-state index in [9.17, 15) is 0 Å². The predicted octanol–water partition coefficient (Wildman–Crippen LogP) is 8.33. The maximum atomic E-state index is 7.10. The molecule has 0 bridgehead atoms. The van der Waals surface area contributed by atoms with Crippen LogP contribution in [0.15, 0.2) is 110 Å². The van der Waals surface area contributed by atoms with Crippen molar-refractivity contribution in [2.45, 2.75) is 49.7 Å². The molecule has 17 heteroatoms. The summed E-state index contributed by atoms with van der Waals surface area (Å²) in [6.07, 6.45) is 11.1. The van der Waals surface area contributed by atoms with E-state index in [2.05, 4.69) is 66.8 Å². The van der Waals surface area contributed by atoms with E-state index in [-0.39, 0.29) is 12.2 Å². The lowest BCUT2D eigenvalue weighted by Gasteiger charge is -2.31. The number of nitrogens with zero attached hydrogens (tertiary/aromatic N) is 6. The number of ether oxygens (including phenoxy) is 5. The van der Waals surface area contributed by atoms with Crippen molar-refractivity contribution in [3.05, 3.63) is 153 Å². The van der Waals surface area contributed by atoms with Crippen LogP contribution in [0.1, 0.15) is 22.3 Å². The summed E-state index contributed by atoms with van der Waals surface area (Å²) < 4.78 is 38.3. The molecule has 0 spiro atoms. The van der Waals surface area contributed by atoms with Gasteiger partial charge in [-0.1, -0.05) is 58.5 Å². The van der Waals surface area contributed by atoms with Crippen LogP contribution < -0.4 is 25.2 Å². The summed E-state index contributed by atoms with van der Waals surface area (Å²) in [5.74, 6) is -0.897. The topological polar surface area (TPSA) is 112 Å². The third-order valence-corrected chi connectivity index (χ3v) is 13.6. The van der Waals surface area contributed by atoms with Crippen molar-refractivity contribution in [2.24, 2.45) is 0 Å². The van der Waals surface area contributed by atoms with Crippen molar-refractivity contribution in [1.82, 2.24) is 29.7 Å². The maximum Gasteiger partial charge on any atom is 0.215 e. The van der Waals surface area contributed by atoms with Crippen LogP contribution in [0.3, 0.4) is 0 Å². The molecule has 0 radical (unpaired) electrons. The van der Waals surface area contributed by atoms with Gasteiger partial charge in [0.1, 0.15) is 11.5 Å². The Hall–Kier alpha value is -4.38. The van der Waals surface area contributed by atoms with Gasteiger partial charge in [-0.3, -0.25) is 0 Å². The average Bonchev–Trinajstić information content (AvgIpc) is 4.16. The Bertz CT molecular complexity index is 2400. The molecule has 4 atom stereocenters. The fourth-order valence-corrected chi connectivity index (χ4v) is 10.4. The van der Waals surface area contributed by atoms with Gasteiger partial charge in [-0.25, -0.2) is 9.97 Å². The van der Waals surface area contributed by atoms with Crippen LogP contribution in [0.4, 0.5) is 11.4 Å². The third kappa shape index (κ3) is 9.87. The van der Waals surface area contributed by atoms with Crippen LogP contribution in [0, 0.1) is 0 Å². The molecule has 4 aliphatic heterocycles. The predicted molar refractivity (Wildman–Crippen MR) is 253 cm³/mol. The van der Waals surface area contributed by atoms with Crippen molar-refractivity contribution in [3.63, 3.8) is 0 Å². The minimum Gasteiger partial charge on any atom is -0.457 e. The Kier molecular flexibility index (Phi) is 13.3. The first kappa shape index (κ1) is 44.5. The molecule has 2 N–H and O–H groups in total. The van der Waals surface area contributed by atoms with Crippen molar-refractivity contribution in [3.8, 4) is 11.5 Å². The summed E-state index contributed by atoms with van der Waals surface area (Å²) >= 11 is 26.4. The Morgan fingerprint density at radius 2 is 1.03 bits per heavy atom. The van der Waals surface area contributed by atoms with E-state index < -0.39 is 11.6 Å². The lowest BCUT2D eigenvalue weighted by atomic mass is 10.0. The number of aromatic nitrogens is 4. The van der Waals surface area contributed by atoms with Crippen LogP contribution in [0.25, 0.3) is 0 Å². The third-order valence-electron chi connectivity index (χ3n) is 12.5. The van der Waals surface area contributed by atoms with Gasteiger partial charge in [0.05, 0.1) is 61.2 Å². The van der Waals surface area contributed by atoms with Crippen LogP contribution in [-0.2, 0) is 56.5 Å². The second-order valence-electron chi connectivity index (χ2n) is 16.9. The standard InChI is InChI=1S/C48H50Cl4N8O5/c49-35-1-5-41(43(51)25-35)47(29-57-15-9-55-31-57)61-27-39(64-47)23-33-21-37(59-17-11-53-12-18-59)3-7-45(33)63-46-8-4-38(60-19-13-54-14-20-60)22-34(46)24-40-28-62-48(65-40,30-58-16-10-56-32-58)42-6-2-36(50)26-44(42)52/h1-10,15-16,21-22,25-26,31-32,39-40,53-54H,11-14,17-20,23-24,27-30H2. The average molecular weight is 961 g/mol. The molecule has 4 unspecified atom stereocenters. The highest BCUT2D eigenvalue weighted by molar-refractivity contribution is 6.35. The Labute approximate surface area is 398 Å². The number of nitrogens with one attached hydrogen (secondary N) is 2. The van der Waals surface area contributed by atoms with E-state index in [1.165, 1.54) is 0 Å². The van der Waals surface area contributed by atoms with Crippen molar-refractivity contribution < 1.29 is 23.7 Å². The fourth-order valence-electron chi connectivity index (χ4n) is 9.29. The van der Waals surface area contributed by atoms with Crippen LogP contribution in [0.5, 0.6) is 11.5 Å². The monoisotopic (exact) mass is 958 g/mol. The minimum absolute atomic E-state index is 0.326. The Balaban J connectivity index is 0.973. The summed E-state index contributed by atoms with van der Waals surface area (Å²) in [5.41, 5.74) is 5.63. The summed E-state index contributed by atoms with van der Waals surface area (Å²) in [7, 11) is 0. The van der Waals surface area contributed by atoms with Crippen LogP contribution >= 0.6 is 46.4 Å². The largest absolute Gasteiger partial charge is 0.457 e. The molecule has 6 heterocycles. The second kappa shape index (κ2) is 19.5. The van der Waals surface area contributed by atoms with E-state index in [1.54, 1.807) is 37.2 Å². The van der Waals surface area contributed by atoms with Gasteiger partial charge in [0.25, 0.3) is 0 Å². The molecule has 4 fully saturated rings. The smallest absolute Gasteiger partial charge is 0.215 e. The number of imidazole rings is 2. The summed E-state index contributed by atoms with van der Waals surface area (Å²) in [6, 6.07) is 23.7. The van der Waals surface area contributed by atoms with E-state index in [1.807, 2.05) is 45.8 Å². The molecule has 65 heavy (non-hydrogen) atoms. The highest BCUT2D eigenvalue weighted by Crippen LogP contribution is 2.45. The first-order valence-corrected chi connectivity index (χ1v) is 23.5. The molecule has 4 aliphatic rings. The summed E-state index contributed by atoms with van der Waals surface area (Å²) in [4.78, 5) is 13.3. The number of rotatable bonds is 14. The van der Waals surface area contributed by atoms with Gasteiger partial charge in [-0.05, 0) is 71.8 Å². The molecule has 0 saturated carbocycles. The molecule has 0 amide bonds. The molecular weight excluding hydrogens is 910 g/mol. The first-order valence-electron chi connectivity index (χ1n) is 22.0. The number of piperazine rings is 2. The first-order chi connectivity index (χ1) is 31.7. The number of hydrogen-bond acceptors (Lipinski definition) is 11. The quantitative estimate of drug-likeness (QED) is 0.110. The van der Waals surface area contributed by atoms with E-state index >= 15 is 0 Å². The Morgan fingerprint density at radius 3 is 1.43 bits per heavy atom. The van der Waals surface area contributed by atoms with Gasteiger partial charge in [0.2, 0.25) is 11.6 Å². The zero-order chi connectivity index (χ0) is 44.4. The normalized spacial score (nSPS) is 23.6. The van der Waals surface area contributed by atoms with E-state index in [0.717, 1.165) is 86.4 Å². The molecule has 0 aliphatic carbocycles. The number of halogens is 4. The van der Waals surface area contributed by atoms with E-state index in [4.69, 9.17) is 70.1 Å². The Morgan fingerprint density at radius 1 is 0.585 bits per heavy atom. The highest BCUT2D eigenvalue weighted by Gasteiger charge is 2.47. The van der Waals surface area contributed by atoms with Gasteiger partial charge < -0.3 is 53.3 Å². The van der Waals surface area contributed by atoms with E-state index in [0.29, 0.717) is 70.4 Å². The van der Waals surface area contributed by atoms with Crippen LogP contribution in [-0.4, -0.2) is 96.9 Å². The number of hydrogen-bond donors (Lipinski definition) is 2. The fraction of sp³-hybridized carbons (Fsp3) is 0.375. The summed E-state index contributed by atoms with van der Waals surface area (Å²) in [5, 5.41) is 8.95. The molecule has 2 aromatic heterocycles.